The van der Waals surface area contributed by atoms with Crippen molar-refractivity contribution < 1.29 is 43.9 Å². The predicted octanol–water partition coefficient (Wildman–Crippen LogP) is 34.7. The smallest absolute Gasteiger partial charge is 0.309 e. The van der Waals surface area contributed by atoms with Crippen molar-refractivity contribution in [2.75, 3.05) is 0 Å². The van der Waals surface area contributed by atoms with Gasteiger partial charge in [-0.3, -0.25) is 0 Å². The number of halogens is 10. The summed E-state index contributed by atoms with van der Waals surface area (Å²) in [5.74, 6) is -3.76. The Balaban J connectivity index is 0.757. The Hall–Kier alpha value is -16.6. The van der Waals surface area contributed by atoms with Gasteiger partial charge >= 0.3 is 12.4 Å². The van der Waals surface area contributed by atoms with Gasteiger partial charge < -0.3 is 18.3 Å². The van der Waals surface area contributed by atoms with E-state index in [1.54, 1.807) is 109 Å². The molecule has 0 atom stereocenters. The van der Waals surface area contributed by atoms with Crippen LogP contribution in [0.3, 0.4) is 0 Å². The molecule has 0 fully saturated rings. The molecule has 4 aromatic heterocycles. The van der Waals surface area contributed by atoms with Gasteiger partial charge in [-0.25, -0.2) is 17.6 Å². The van der Waals surface area contributed by atoms with Crippen LogP contribution in [-0.4, -0.2) is 18.3 Å². The molecule has 0 saturated carbocycles. The molecule has 0 spiro atoms. The Morgan fingerprint density at radius 3 is 0.914 bits per heavy atom. The third kappa shape index (κ3) is 14.8. The number of nitriles is 2. The van der Waals surface area contributed by atoms with E-state index in [1.807, 2.05) is 146 Å². The van der Waals surface area contributed by atoms with Gasteiger partial charge in [0.15, 0.2) is 0 Å². The van der Waals surface area contributed by atoms with Crippen LogP contribution >= 0.6 is 0 Å². The maximum Gasteiger partial charge on any atom is 0.420 e. The number of benzene rings is 18. The van der Waals surface area contributed by atoms with Crippen LogP contribution in [0.25, 0.3) is 199 Å². The summed E-state index contributed by atoms with van der Waals surface area (Å²) in [5, 5.41) is 26.3. The zero-order valence-corrected chi connectivity index (χ0v) is 78.1. The molecule has 0 saturated heterocycles. The summed E-state index contributed by atoms with van der Waals surface area (Å²) in [6, 6.07) is 93.6. The molecule has 140 heavy (non-hydrogen) atoms. The molecule has 22 aromatic rings. The fraction of sp³-hybridized carbons (Fsp3) is 0.113. The van der Waals surface area contributed by atoms with E-state index in [9.17, 15) is 10.5 Å². The van der Waals surface area contributed by atoms with Crippen LogP contribution in [-0.2, 0) is 18.8 Å². The van der Waals surface area contributed by atoms with E-state index >= 15 is 43.9 Å². The number of rotatable bonds is 14. The van der Waals surface area contributed by atoms with Crippen molar-refractivity contribution in [3.63, 3.8) is 0 Å². The molecule has 0 bridgehead atoms. The fourth-order valence-corrected chi connectivity index (χ4v) is 23.0. The molecule has 16 heteroatoms. The third-order valence-electron chi connectivity index (χ3n) is 28.1. The minimum atomic E-state index is -5.18. The summed E-state index contributed by atoms with van der Waals surface area (Å²) < 4.78 is 178. The Morgan fingerprint density at radius 1 is 0.243 bits per heavy atom. The van der Waals surface area contributed by atoms with Gasteiger partial charge in [0, 0.05) is 55.2 Å². The lowest BCUT2D eigenvalue weighted by atomic mass is 9.89. The molecule has 18 aromatic carbocycles. The Labute approximate surface area is 801 Å². The maximum atomic E-state index is 18.0. The summed E-state index contributed by atoms with van der Waals surface area (Å²) in [7, 11) is 0. The molecule has 0 aliphatic heterocycles. The van der Waals surface area contributed by atoms with E-state index in [1.165, 1.54) is 24.3 Å². The van der Waals surface area contributed by atoms with E-state index < -0.39 is 46.7 Å². The van der Waals surface area contributed by atoms with E-state index in [0.717, 1.165) is 142 Å². The van der Waals surface area contributed by atoms with Crippen molar-refractivity contribution in [2.24, 2.45) is 0 Å². The second-order valence-corrected chi connectivity index (χ2v) is 37.6. The first kappa shape index (κ1) is 88.7. The SMILES string of the molecule is Cc1cc(C)c(-c2ccc3c(c2)c2cc(-c4c(C)cc(C)cc4C)ccc2n3-c2cc(-c3cc(F)cc(F)c3)cc(-n3c4ccc(-c5c(C)cc(C)cc5C)cc4c4cc(-c5c(C)cc(Cc6cc(-c7ccccc7C#N)cc7c6c6ccccc6n7-c6cc(-c7cc(F)cc(F)c7)cc(-n7c8ccccc8c8ccc(-c9ccccc9C#N)cc87)c6C(F)(F)F)cc5C)ccc43)c2C(F)(F)F)c(C)c1. The number of fused-ring (bicyclic) bond motifs is 12. The number of hydrogen-bond acceptors (Lipinski definition) is 2. The van der Waals surface area contributed by atoms with E-state index in [0.29, 0.717) is 132 Å². The van der Waals surface area contributed by atoms with Crippen LogP contribution in [0.2, 0.25) is 0 Å². The second-order valence-electron chi connectivity index (χ2n) is 37.6. The van der Waals surface area contributed by atoms with E-state index in [4.69, 9.17) is 0 Å². The molecule has 0 amide bonds. The molecule has 0 aliphatic rings. The molecule has 4 heterocycles. The molecular weight excluding hydrogens is 1760 g/mol. The van der Waals surface area contributed by atoms with Gasteiger partial charge in [-0.1, -0.05) is 180 Å². The third-order valence-corrected chi connectivity index (χ3v) is 28.1. The average molecular weight is 1850 g/mol. The highest BCUT2D eigenvalue weighted by Gasteiger charge is 2.43. The Kier molecular flexibility index (Phi) is 21.2. The minimum absolute atomic E-state index is 0.00384. The molecule has 6 nitrogen and oxygen atoms in total. The van der Waals surface area contributed by atoms with Crippen LogP contribution in [0, 0.1) is 122 Å². The minimum Gasteiger partial charge on any atom is -0.309 e. The summed E-state index contributed by atoms with van der Waals surface area (Å²) >= 11 is 0. The predicted molar refractivity (Wildman–Crippen MR) is 548 cm³/mol. The van der Waals surface area contributed by atoms with Crippen LogP contribution in [0.5, 0.6) is 0 Å². The molecule has 682 valence electrons. The largest absolute Gasteiger partial charge is 0.420 e. The van der Waals surface area contributed by atoms with Gasteiger partial charge in [0.25, 0.3) is 0 Å². The first-order valence-corrected chi connectivity index (χ1v) is 46.3. The van der Waals surface area contributed by atoms with Crippen LogP contribution in [0.4, 0.5) is 43.9 Å². The van der Waals surface area contributed by atoms with Crippen molar-refractivity contribution >= 4 is 87.2 Å². The van der Waals surface area contributed by atoms with Crippen molar-refractivity contribution in [3.05, 3.63) is 427 Å². The Bertz CT molecular complexity index is 8980. The summed E-state index contributed by atoms with van der Waals surface area (Å²) in [6.07, 6.45) is -10.1. The Morgan fingerprint density at radius 2 is 0.536 bits per heavy atom. The summed E-state index contributed by atoms with van der Waals surface area (Å²) in [6.45, 7) is 22.4. The van der Waals surface area contributed by atoms with Crippen molar-refractivity contribution in [1.29, 1.82) is 10.5 Å². The number of para-hydroxylation sites is 2. The van der Waals surface area contributed by atoms with Gasteiger partial charge in [-0.05, 0) is 361 Å². The quantitative estimate of drug-likeness (QED) is 0.102. The lowest BCUT2D eigenvalue weighted by molar-refractivity contribution is -0.138. The monoisotopic (exact) mass is 1850 g/mol. The lowest BCUT2D eigenvalue weighted by Crippen LogP contribution is -2.16. The second kappa shape index (κ2) is 33.4. The van der Waals surface area contributed by atoms with Crippen molar-refractivity contribution in [2.45, 2.75) is 94.9 Å². The normalized spacial score (nSPS) is 12.1. The number of alkyl halides is 6. The fourth-order valence-electron chi connectivity index (χ4n) is 23.0. The van der Waals surface area contributed by atoms with E-state index in [2.05, 4.69) is 100 Å². The number of aromatic nitrogens is 4. The first-order chi connectivity index (χ1) is 67.2. The van der Waals surface area contributed by atoms with Gasteiger partial charge in [-0.2, -0.15) is 36.9 Å². The molecule has 0 N–H and O–H groups in total. The van der Waals surface area contributed by atoms with Gasteiger partial charge in [-0.15, -0.1) is 0 Å². The zero-order chi connectivity index (χ0) is 97.4. The van der Waals surface area contributed by atoms with Gasteiger partial charge in [0.2, 0.25) is 0 Å². The zero-order valence-electron chi connectivity index (χ0n) is 78.1. The number of hydrogen-bond donors (Lipinski definition) is 0. The highest BCUT2D eigenvalue weighted by Crippen LogP contribution is 2.53. The lowest BCUT2D eigenvalue weighted by Gasteiger charge is -2.23. The van der Waals surface area contributed by atoms with E-state index in [-0.39, 0.29) is 51.4 Å². The highest BCUT2D eigenvalue weighted by atomic mass is 19.4. The van der Waals surface area contributed by atoms with Gasteiger partial charge in [0.1, 0.15) is 34.4 Å². The van der Waals surface area contributed by atoms with Crippen molar-refractivity contribution in [1.82, 2.24) is 18.3 Å². The molecule has 22 rings (SSSR count). The number of nitrogens with zero attached hydrogens (tertiary/aromatic N) is 6. The molecule has 0 aliphatic carbocycles. The van der Waals surface area contributed by atoms with Crippen LogP contribution in [0.15, 0.2) is 309 Å². The van der Waals surface area contributed by atoms with Gasteiger partial charge in [0.05, 0.1) is 90.1 Å². The highest BCUT2D eigenvalue weighted by molar-refractivity contribution is 6.17. The van der Waals surface area contributed by atoms with Crippen LogP contribution < -0.4 is 0 Å². The van der Waals surface area contributed by atoms with Crippen LogP contribution in [0.1, 0.15) is 94.6 Å². The average Bonchev–Trinajstić information content (AvgIpc) is 1.55. The van der Waals surface area contributed by atoms with Crippen molar-refractivity contribution in [3.8, 4) is 124 Å². The molecular formula is C124H86F10N6. The molecule has 0 unspecified atom stereocenters. The number of aryl methyl sites for hydroxylation is 11. The first-order valence-electron chi connectivity index (χ1n) is 46.3. The summed E-state index contributed by atoms with van der Waals surface area (Å²) in [4.78, 5) is 0. The standard InChI is InChI=1S/C124H86F10N6/c1-66-38-69(4)116(70(5)39-66)79-29-34-106-100(52-79)101-53-80(117-71(6)40-67(2)41-72(117)7)30-35-107(101)137(106)112-57-87(85-48-91(125)62-92(126)49-85)58-113(121(112)123(129,130)131)138-108-36-31-81(118-73(8)42-68(3)43-74(118)9)54-102(108)103-55-82(32-37-109(103)138)119-75(10)44-77(45-76(119)11)46-90-47-89(96-23-15-13-21-84(96)65-136)61-111-120(90)99-25-17-19-27-105(99)140(111)115-60-88(86-50-93(127)63-94(128)51-86)59-114(122(115)124(132,133)134)139-104-26-18-16-24-97(104)98-33-28-78(56-110(98)139)95-22-14-12-20-83(95)64-135/h12-45,47-63H,46H2,1-11H3. The molecule has 0 radical (unpaired) electrons. The maximum absolute atomic E-state index is 18.0. The summed E-state index contributed by atoms with van der Waals surface area (Å²) in [5.41, 5.74) is 22.0. The topological polar surface area (TPSA) is 67.3 Å².